The van der Waals surface area contributed by atoms with E-state index in [-0.39, 0.29) is 11.9 Å². The number of hydrogen-bond acceptors (Lipinski definition) is 3. The van der Waals surface area contributed by atoms with Crippen LogP contribution in [0.3, 0.4) is 0 Å². The third-order valence-electron chi connectivity index (χ3n) is 3.10. The monoisotopic (exact) mass is 259 g/mol. The highest BCUT2D eigenvalue weighted by Gasteiger charge is 2.15. The van der Waals surface area contributed by atoms with E-state index in [1.807, 2.05) is 19.1 Å². The molecule has 19 heavy (non-hydrogen) atoms. The van der Waals surface area contributed by atoms with E-state index < -0.39 is 6.04 Å². The average molecular weight is 259 g/mol. The highest BCUT2D eigenvalue weighted by Crippen LogP contribution is 2.13. The molecule has 0 aliphatic carbocycles. The summed E-state index contributed by atoms with van der Waals surface area (Å²) < 4.78 is 0. The largest absolute Gasteiger partial charge is 0.348 e. The van der Waals surface area contributed by atoms with Crippen LogP contribution in [-0.4, -0.2) is 11.9 Å². The van der Waals surface area contributed by atoms with Crippen LogP contribution in [0.25, 0.3) is 0 Å². The van der Waals surface area contributed by atoms with Gasteiger partial charge in [0.25, 0.3) is 0 Å². The molecule has 102 valence electrons. The molecular formula is C15H21N3O. The molecule has 0 aromatic heterocycles. The number of nitrogens with two attached hydrogens (primary N) is 1. The van der Waals surface area contributed by atoms with E-state index in [4.69, 9.17) is 11.0 Å². The highest BCUT2D eigenvalue weighted by molar-refractivity contribution is 5.81. The number of hydrogen-bond donors (Lipinski definition) is 2. The predicted molar refractivity (Wildman–Crippen MR) is 75.2 cm³/mol. The van der Waals surface area contributed by atoms with Gasteiger partial charge in [-0.15, -0.1) is 0 Å². The van der Waals surface area contributed by atoms with E-state index in [0.717, 1.165) is 18.4 Å². The van der Waals surface area contributed by atoms with E-state index in [1.165, 1.54) is 0 Å². The van der Waals surface area contributed by atoms with Gasteiger partial charge in [-0.05, 0) is 31.0 Å². The first-order valence-electron chi connectivity index (χ1n) is 6.64. The van der Waals surface area contributed by atoms with Crippen LogP contribution in [0, 0.1) is 11.3 Å². The summed E-state index contributed by atoms with van der Waals surface area (Å²) >= 11 is 0. The summed E-state index contributed by atoms with van der Waals surface area (Å²) in [6.45, 7) is 3.98. The summed E-state index contributed by atoms with van der Waals surface area (Å²) in [4.78, 5) is 11.9. The third-order valence-corrected chi connectivity index (χ3v) is 3.10. The van der Waals surface area contributed by atoms with E-state index in [0.29, 0.717) is 12.0 Å². The minimum Gasteiger partial charge on any atom is -0.348 e. The Bertz CT molecular complexity index is 447. The molecule has 0 spiro atoms. The Morgan fingerprint density at radius 1 is 1.42 bits per heavy atom. The van der Waals surface area contributed by atoms with Gasteiger partial charge in [0.05, 0.1) is 23.7 Å². The van der Waals surface area contributed by atoms with Gasteiger partial charge in [-0.25, -0.2) is 0 Å². The van der Waals surface area contributed by atoms with Gasteiger partial charge >= 0.3 is 0 Å². The zero-order chi connectivity index (χ0) is 14.3. The number of benzene rings is 1. The van der Waals surface area contributed by atoms with Gasteiger partial charge in [-0.1, -0.05) is 31.9 Å². The van der Waals surface area contributed by atoms with Crippen LogP contribution < -0.4 is 11.1 Å². The first-order chi connectivity index (χ1) is 9.08. The van der Waals surface area contributed by atoms with Crippen molar-refractivity contribution in [3.05, 3.63) is 35.4 Å². The predicted octanol–water partition coefficient (Wildman–Crippen LogP) is 2.25. The minimum atomic E-state index is -0.444. The molecule has 1 amide bonds. The smallest absolute Gasteiger partial charge is 0.237 e. The summed E-state index contributed by atoms with van der Waals surface area (Å²) in [5.41, 5.74) is 7.40. The van der Waals surface area contributed by atoms with Gasteiger partial charge in [-0.2, -0.15) is 5.26 Å². The molecule has 0 saturated carbocycles. The second-order valence-corrected chi connectivity index (χ2v) is 4.71. The number of carbonyl (C=O) groups is 1. The number of carbonyl (C=O) groups excluding carboxylic acids is 1. The fourth-order valence-corrected chi connectivity index (χ4v) is 1.81. The molecule has 1 aromatic rings. The molecule has 0 radical (unpaired) electrons. The number of unbranched alkanes of at least 4 members (excludes halogenated alkanes) is 1. The molecule has 0 heterocycles. The molecule has 1 rings (SSSR count). The molecule has 1 unspecified atom stereocenters. The summed E-state index contributed by atoms with van der Waals surface area (Å²) in [6, 6.07) is 8.71. The molecule has 4 heteroatoms. The topological polar surface area (TPSA) is 78.9 Å². The maximum Gasteiger partial charge on any atom is 0.237 e. The molecular weight excluding hydrogens is 238 g/mol. The highest BCUT2D eigenvalue weighted by atomic mass is 16.2. The van der Waals surface area contributed by atoms with Gasteiger partial charge in [-0.3, -0.25) is 4.79 Å². The van der Waals surface area contributed by atoms with Crippen molar-refractivity contribution >= 4 is 5.91 Å². The number of nitrogens with one attached hydrogen (secondary N) is 1. The van der Waals surface area contributed by atoms with Crippen molar-refractivity contribution in [1.29, 1.82) is 5.26 Å². The second-order valence-electron chi connectivity index (χ2n) is 4.71. The van der Waals surface area contributed by atoms with E-state index in [2.05, 4.69) is 18.3 Å². The Morgan fingerprint density at radius 2 is 2.05 bits per heavy atom. The fraction of sp³-hybridized carbons (Fsp3) is 0.467. The van der Waals surface area contributed by atoms with Crippen molar-refractivity contribution in [1.82, 2.24) is 5.32 Å². The van der Waals surface area contributed by atoms with E-state index in [9.17, 15) is 4.79 Å². The van der Waals surface area contributed by atoms with Crippen molar-refractivity contribution in [2.45, 2.75) is 45.2 Å². The Kier molecular flexibility index (Phi) is 6.04. The summed E-state index contributed by atoms with van der Waals surface area (Å²) in [5.74, 6) is -0.120. The van der Waals surface area contributed by atoms with Gasteiger partial charge in [0.1, 0.15) is 0 Å². The Morgan fingerprint density at radius 3 is 2.58 bits per heavy atom. The van der Waals surface area contributed by atoms with Crippen LogP contribution in [0.4, 0.5) is 0 Å². The molecule has 0 saturated heterocycles. The van der Waals surface area contributed by atoms with E-state index in [1.54, 1.807) is 12.1 Å². The van der Waals surface area contributed by atoms with Crippen molar-refractivity contribution in [2.75, 3.05) is 0 Å². The first-order valence-corrected chi connectivity index (χ1v) is 6.64. The molecule has 0 aliphatic heterocycles. The number of amides is 1. The Balaban J connectivity index is 2.56. The molecule has 3 N–H and O–H groups in total. The standard InChI is InChI=1S/C15H21N3O/c1-3-4-5-14(17)15(19)18-11(2)13-8-6-12(10-16)7-9-13/h6-9,11,14H,3-5,17H2,1-2H3,(H,18,19)/t11?,14-/m0/s1. The lowest BCUT2D eigenvalue weighted by Gasteiger charge is -2.17. The summed E-state index contributed by atoms with van der Waals surface area (Å²) in [6.07, 6.45) is 2.70. The second kappa shape index (κ2) is 7.55. The minimum absolute atomic E-state index is 0.104. The SMILES string of the molecule is CCCC[C@H](N)C(=O)NC(C)c1ccc(C#N)cc1. The molecule has 0 fully saturated rings. The molecule has 0 bridgehead atoms. The van der Waals surface area contributed by atoms with Gasteiger partial charge < -0.3 is 11.1 Å². The number of rotatable bonds is 6. The summed E-state index contributed by atoms with van der Waals surface area (Å²) in [7, 11) is 0. The van der Waals surface area contributed by atoms with Crippen LogP contribution in [-0.2, 0) is 4.79 Å². The maximum atomic E-state index is 11.9. The molecule has 1 aromatic carbocycles. The normalized spacial score (nSPS) is 13.4. The van der Waals surface area contributed by atoms with Crippen LogP contribution in [0.15, 0.2) is 24.3 Å². The molecule has 4 nitrogen and oxygen atoms in total. The number of nitriles is 1. The van der Waals surface area contributed by atoms with Crippen molar-refractivity contribution in [3.63, 3.8) is 0 Å². The van der Waals surface area contributed by atoms with E-state index >= 15 is 0 Å². The summed E-state index contributed by atoms with van der Waals surface area (Å²) in [5, 5.41) is 11.6. The fourth-order valence-electron chi connectivity index (χ4n) is 1.81. The van der Waals surface area contributed by atoms with Crippen LogP contribution in [0.5, 0.6) is 0 Å². The van der Waals surface area contributed by atoms with Gasteiger partial charge in [0, 0.05) is 0 Å². The average Bonchev–Trinajstić information content (AvgIpc) is 2.44. The first kappa shape index (κ1) is 15.2. The lowest BCUT2D eigenvalue weighted by molar-refractivity contribution is -0.123. The third kappa shape index (κ3) is 4.72. The zero-order valence-electron chi connectivity index (χ0n) is 11.5. The zero-order valence-corrected chi connectivity index (χ0v) is 11.5. The van der Waals surface area contributed by atoms with Crippen molar-refractivity contribution < 1.29 is 4.79 Å². The lowest BCUT2D eigenvalue weighted by Crippen LogP contribution is -2.41. The van der Waals surface area contributed by atoms with Crippen LogP contribution >= 0.6 is 0 Å². The van der Waals surface area contributed by atoms with Crippen molar-refractivity contribution in [2.24, 2.45) is 5.73 Å². The van der Waals surface area contributed by atoms with Gasteiger partial charge in [0.15, 0.2) is 0 Å². The Hall–Kier alpha value is -1.86. The lowest BCUT2D eigenvalue weighted by atomic mass is 10.1. The van der Waals surface area contributed by atoms with Crippen LogP contribution in [0.2, 0.25) is 0 Å². The maximum absolute atomic E-state index is 11.9. The number of nitrogens with zero attached hydrogens (tertiary/aromatic N) is 1. The Labute approximate surface area is 114 Å². The van der Waals surface area contributed by atoms with Gasteiger partial charge in [0.2, 0.25) is 5.91 Å². The van der Waals surface area contributed by atoms with Crippen LogP contribution in [0.1, 0.15) is 50.3 Å². The molecule has 2 atom stereocenters. The van der Waals surface area contributed by atoms with Crippen molar-refractivity contribution in [3.8, 4) is 6.07 Å². The molecule has 0 aliphatic rings. The quantitative estimate of drug-likeness (QED) is 0.822.